The summed E-state index contributed by atoms with van der Waals surface area (Å²) in [7, 11) is 0. The fourth-order valence-corrected chi connectivity index (χ4v) is 4.78. The van der Waals surface area contributed by atoms with Crippen LogP contribution in [-0.4, -0.2) is 35.1 Å². The van der Waals surface area contributed by atoms with Gasteiger partial charge in [0.15, 0.2) is 0 Å². The Morgan fingerprint density at radius 2 is 1.14 bits per heavy atom. The molecule has 0 aliphatic carbocycles. The van der Waals surface area contributed by atoms with E-state index in [0.29, 0.717) is 45.7 Å². The van der Waals surface area contributed by atoms with Crippen molar-refractivity contribution in [2.24, 2.45) is 0 Å². The molecule has 0 radical (unpaired) electrons. The van der Waals surface area contributed by atoms with Crippen LogP contribution in [0.25, 0.3) is 11.4 Å². The number of benzene rings is 3. The molecule has 6 rings (SSSR count). The van der Waals surface area contributed by atoms with Crippen molar-refractivity contribution in [3.8, 4) is 0 Å². The molecule has 2 N–H and O–H groups in total. The molecule has 7 nitrogen and oxygen atoms in total. The zero-order chi connectivity index (χ0) is 24.1. The summed E-state index contributed by atoms with van der Waals surface area (Å²) in [4.78, 5) is 52.3. The average molecular weight is 461 g/mol. The summed E-state index contributed by atoms with van der Waals surface area (Å²) in [5.41, 5.74) is 4.79. The van der Waals surface area contributed by atoms with Gasteiger partial charge in [0.2, 0.25) is 0 Å². The maximum Gasteiger partial charge on any atom is 0.261 e. The summed E-state index contributed by atoms with van der Waals surface area (Å²) in [6.07, 6.45) is 0.444. The SMILES string of the molecule is O=C1NC(c2cccc(CCN3C(=O)c4ccccc4C3=O)c2)=C2C(=O)NC(c3ccccc3)=C12. The number of imide groups is 1. The van der Waals surface area contributed by atoms with Gasteiger partial charge in [0.1, 0.15) is 0 Å². The Balaban J connectivity index is 1.29. The van der Waals surface area contributed by atoms with E-state index in [1.807, 2.05) is 54.6 Å². The number of carbonyl (C=O) groups is 4. The molecule has 7 heteroatoms. The Bertz CT molecular complexity index is 1480. The normalized spacial score (nSPS) is 16.6. The standard InChI is InChI=1S/C28H19N3O4/c32-25-21-22(26(33)29-23(21)17-8-2-1-3-9-17)24(30-25)18-10-6-7-16(15-18)13-14-31-27(34)19-11-4-5-12-20(19)28(31)35/h1-12,15H,13-14H2,(H,29,33)(H,30,32). The topological polar surface area (TPSA) is 95.6 Å². The lowest BCUT2D eigenvalue weighted by molar-refractivity contribution is -0.117. The van der Waals surface area contributed by atoms with Crippen molar-refractivity contribution in [2.75, 3.05) is 6.54 Å². The van der Waals surface area contributed by atoms with Crippen LogP contribution in [0.2, 0.25) is 0 Å². The van der Waals surface area contributed by atoms with Gasteiger partial charge >= 0.3 is 0 Å². The van der Waals surface area contributed by atoms with E-state index in [1.165, 1.54) is 4.90 Å². The lowest BCUT2D eigenvalue weighted by atomic mass is 10.0. The zero-order valence-electron chi connectivity index (χ0n) is 18.5. The van der Waals surface area contributed by atoms with E-state index < -0.39 is 0 Å². The highest BCUT2D eigenvalue weighted by Gasteiger charge is 2.41. The van der Waals surface area contributed by atoms with Gasteiger partial charge in [-0.25, -0.2) is 0 Å². The lowest BCUT2D eigenvalue weighted by Gasteiger charge is -2.14. The average Bonchev–Trinajstić information content (AvgIpc) is 3.50. The third-order valence-corrected chi connectivity index (χ3v) is 6.46. The molecular formula is C28H19N3O4. The van der Waals surface area contributed by atoms with Crippen molar-refractivity contribution in [3.05, 3.63) is 118 Å². The molecule has 0 bridgehead atoms. The van der Waals surface area contributed by atoms with E-state index in [1.54, 1.807) is 24.3 Å². The quantitative estimate of drug-likeness (QED) is 0.571. The maximum atomic E-state index is 12.8. The van der Waals surface area contributed by atoms with Crippen molar-refractivity contribution >= 4 is 35.0 Å². The van der Waals surface area contributed by atoms with Crippen LogP contribution in [0, 0.1) is 0 Å². The van der Waals surface area contributed by atoms with Crippen LogP contribution in [0.4, 0.5) is 0 Å². The van der Waals surface area contributed by atoms with Crippen LogP contribution in [-0.2, 0) is 16.0 Å². The van der Waals surface area contributed by atoms with Gasteiger partial charge in [0.25, 0.3) is 23.6 Å². The van der Waals surface area contributed by atoms with Crippen LogP contribution < -0.4 is 10.6 Å². The molecule has 0 aromatic heterocycles. The Hall–Kier alpha value is -4.78. The van der Waals surface area contributed by atoms with E-state index in [9.17, 15) is 19.2 Å². The minimum absolute atomic E-state index is 0.234. The van der Waals surface area contributed by atoms with Gasteiger partial charge in [-0.15, -0.1) is 0 Å². The van der Waals surface area contributed by atoms with Crippen LogP contribution in [0.3, 0.4) is 0 Å². The third-order valence-electron chi connectivity index (χ3n) is 6.46. The number of hydrogen-bond acceptors (Lipinski definition) is 4. The summed E-state index contributed by atoms with van der Waals surface area (Å²) in [5.74, 6) is -1.24. The first kappa shape index (κ1) is 20.8. The predicted octanol–water partition coefficient (Wildman–Crippen LogP) is 2.91. The molecule has 4 amide bonds. The highest BCUT2D eigenvalue weighted by molar-refractivity contribution is 6.30. The Morgan fingerprint density at radius 3 is 1.77 bits per heavy atom. The van der Waals surface area contributed by atoms with Crippen molar-refractivity contribution in [1.82, 2.24) is 15.5 Å². The van der Waals surface area contributed by atoms with Crippen LogP contribution in [0.5, 0.6) is 0 Å². The molecule has 170 valence electrons. The first-order valence-corrected chi connectivity index (χ1v) is 11.2. The fourth-order valence-electron chi connectivity index (χ4n) is 4.78. The zero-order valence-corrected chi connectivity index (χ0v) is 18.5. The molecule has 0 unspecified atom stereocenters. The van der Waals surface area contributed by atoms with Gasteiger partial charge < -0.3 is 10.6 Å². The van der Waals surface area contributed by atoms with Crippen molar-refractivity contribution in [2.45, 2.75) is 6.42 Å². The Labute approximate surface area is 200 Å². The number of nitrogens with one attached hydrogen (secondary N) is 2. The molecular weight excluding hydrogens is 442 g/mol. The highest BCUT2D eigenvalue weighted by atomic mass is 16.2. The highest BCUT2D eigenvalue weighted by Crippen LogP contribution is 2.37. The van der Waals surface area contributed by atoms with Crippen LogP contribution in [0.1, 0.15) is 37.4 Å². The molecule has 3 aliphatic heterocycles. The molecule has 0 atom stereocenters. The number of nitrogens with zero attached hydrogens (tertiary/aromatic N) is 1. The molecule has 0 saturated carbocycles. The second-order valence-electron chi connectivity index (χ2n) is 8.53. The van der Waals surface area contributed by atoms with Gasteiger partial charge in [-0.05, 0) is 41.3 Å². The maximum absolute atomic E-state index is 12.8. The number of fused-ring (bicyclic) bond motifs is 2. The van der Waals surface area contributed by atoms with Crippen molar-refractivity contribution in [3.63, 3.8) is 0 Å². The number of hydrogen-bond donors (Lipinski definition) is 2. The van der Waals surface area contributed by atoms with Gasteiger partial charge in [-0.1, -0.05) is 60.7 Å². The first-order valence-electron chi connectivity index (χ1n) is 11.2. The van der Waals surface area contributed by atoms with Crippen molar-refractivity contribution in [1.29, 1.82) is 0 Å². The van der Waals surface area contributed by atoms with Gasteiger partial charge in [0.05, 0.1) is 33.7 Å². The van der Waals surface area contributed by atoms with Gasteiger partial charge in [-0.2, -0.15) is 0 Å². The summed E-state index contributed by atoms with van der Waals surface area (Å²) < 4.78 is 0. The predicted molar refractivity (Wildman–Crippen MR) is 129 cm³/mol. The van der Waals surface area contributed by atoms with E-state index >= 15 is 0 Å². The van der Waals surface area contributed by atoms with Gasteiger partial charge in [-0.3, -0.25) is 24.1 Å². The second kappa shape index (κ2) is 7.92. The van der Waals surface area contributed by atoms with E-state index in [2.05, 4.69) is 10.6 Å². The Morgan fingerprint density at radius 1 is 0.600 bits per heavy atom. The largest absolute Gasteiger partial charge is 0.321 e. The summed E-state index contributed by atoms with van der Waals surface area (Å²) >= 11 is 0. The van der Waals surface area contributed by atoms with E-state index in [0.717, 1.165) is 11.1 Å². The Kier molecular flexibility index (Phi) is 4.70. The molecule has 0 saturated heterocycles. The fraction of sp³-hybridized carbons (Fsp3) is 0.0714. The van der Waals surface area contributed by atoms with E-state index in [-0.39, 0.29) is 30.2 Å². The minimum atomic E-state index is -0.330. The number of carbonyl (C=O) groups excluding carboxylic acids is 4. The monoisotopic (exact) mass is 461 g/mol. The molecule has 3 heterocycles. The molecule has 3 aromatic rings. The number of rotatable bonds is 5. The van der Waals surface area contributed by atoms with E-state index in [4.69, 9.17) is 0 Å². The molecule has 0 fully saturated rings. The molecule has 3 aliphatic rings. The molecule has 0 spiro atoms. The second-order valence-corrected chi connectivity index (χ2v) is 8.53. The lowest BCUT2D eigenvalue weighted by Crippen LogP contribution is -2.31. The minimum Gasteiger partial charge on any atom is -0.321 e. The molecule has 3 aromatic carbocycles. The summed E-state index contributed by atoms with van der Waals surface area (Å²) in [6.45, 7) is 0.234. The van der Waals surface area contributed by atoms with Crippen molar-refractivity contribution < 1.29 is 19.2 Å². The van der Waals surface area contributed by atoms with Crippen LogP contribution in [0.15, 0.2) is 90.0 Å². The summed E-state index contributed by atoms with van der Waals surface area (Å²) in [5, 5.41) is 5.69. The smallest absolute Gasteiger partial charge is 0.261 e. The first-order chi connectivity index (χ1) is 17.0. The van der Waals surface area contributed by atoms with Crippen LogP contribution >= 0.6 is 0 Å². The number of amides is 4. The van der Waals surface area contributed by atoms with Gasteiger partial charge in [0, 0.05) is 6.54 Å². The third kappa shape index (κ3) is 3.28. The summed E-state index contributed by atoms with van der Waals surface area (Å²) in [6, 6.07) is 23.5. The molecule has 35 heavy (non-hydrogen) atoms.